The molecule has 0 saturated carbocycles. The first-order valence-corrected chi connectivity index (χ1v) is 10.4. The van der Waals surface area contributed by atoms with Crippen molar-refractivity contribution in [3.05, 3.63) is 84.9 Å². The summed E-state index contributed by atoms with van der Waals surface area (Å²) in [4.78, 5) is 9.31. The minimum Gasteiger partial charge on any atom is -0.298 e. The normalized spacial score (nSPS) is 11.5. The summed E-state index contributed by atoms with van der Waals surface area (Å²) in [5.41, 5.74) is 2.84. The summed E-state index contributed by atoms with van der Waals surface area (Å²) in [6.45, 7) is 0. The molecule has 0 bridgehead atoms. The maximum absolute atomic E-state index is 13.3. The first-order chi connectivity index (χ1) is 13.4. The number of nitrogens with zero attached hydrogens (tertiary/aromatic N) is 3. The van der Waals surface area contributed by atoms with E-state index in [-0.39, 0.29) is 10.7 Å². The molecule has 0 aliphatic rings. The van der Waals surface area contributed by atoms with Crippen LogP contribution in [0.3, 0.4) is 0 Å². The second-order valence-electron chi connectivity index (χ2n) is 6.31. The number of hydrogen-bond donors (Lipinski definition) is 0. The number of aromatic nitrogens is 3. The van der Waals surface area contributed by atoms with E-state index in [0.717, 1.165) is 11.3 Å². The Morgan fingerprint density at radius 1 is 0.893 bits per heavy atom. The molecule has 0 N–H and O–H groups in total. The molecule has 5 nitrogen and oxygen atoms in total. The van der Waals surface area contributed by atoms with E-state index in [1.807, 2.05) is 29.0 Å². The second-order valence-corrected chi connectivity index (χ2v) is 8.32. The number of sulfone groups is 1. The largest absolute Gasteiger partial charge is 0.298 e. The zero-order chi connectivity index (χ0) is 19.7. The van der Waals surface area contributed by atoms with Gasteiger partial charge < -0.3 is 0 Å². The Labute approximate surface area is 162 Å². The molecule has 0 radical (unpaired) electrons. The Morgan fingerprint density at radius 2 is 1.61 bits per heavy atom. The Kier molecular flexibility index (Phi) is 4.52. The van der Waals surface area contributed by atoms with E-state index in [1.54, 1.807) is 42.6 Å². The molecule has 0 unspecified atom stereocenters. The monoisotopic (exact) mass is 393 g/mol. The molecule has 0 aliphatic heterocycles. The van der Waals surface area contributed by atoms with Crippen LogP contribution in [0.4, 0.5) is 4.39 Å². The highest BCUT2D eigenvalue weighted by Gasteiger charge is 2.15. The van der Waals surface area contributed by atoms with Gasteiger partial charge in [0.15, 0.2) is 15.7 Å². The van der Waals surface area contributed by atoms with Crippen LogP contribution in [0.2, 0.25) is 0 Å². The van der Waals surface area contributed by atoms with Crippen LogP contribution < -0.4 is 0 Å². The van der Waals surface area contributed by atoms with Gasteiger partial charge in [0.25, 0.3) is 0 Å². The van der Waals surface area contributed by atoms with E-state index < -0.39 is 9.84 Å². The number of benzene rings is 2. The lowest BCUT2D eigenvalue weighted by molar-refractivity contribution is 0.602. The molecule has 2 aromatic carbocycles. The summed E-state index contributed by atoms with van der Waals surface area (Å²) < 4.78 is 38.6. The fourth-order valence-corrected chi connectivity index (χ4v) is 3.50. The van der Waals surface area contributed by atoms with Gasteiger partial charge in [0.2, 0.25) is 0 Å². The van der Waals surface area contributed by atoms with Crippen LogP contribution in [0.25, 0.3) is 28.5 Å². The van der Waals surface area contributed by atoms with Gasteiger partial charge >= 0.3 is 0 Å². The third-order valence-electron chi connectivity index (χ3n) is 4.28. The van der Waals surface area contributed by atoms with Gasteiger partial charge in [0.05, 0.1) is 10.6 Å². The molecule has 2 heterocycles. The Balaban J connectivity index is 1.86. The third kappa shape index (κ3) is 3.57. The van der Waals surface area contributed by atoms with E-state index in [1.165, 1.54) is 18.4 Å². The van der Waals surface area contributed by atoms with Crippen molar-refractivity contribution in [2.75, 3.05) is 6.26 Å². The van der Waals surface area contributed by atoms with E-state index in [9.17, 15) is 12.8 Å². The summed E-state index contributed by atoms with van der Waals surface area (Å²) in [5, 5.41) is 0. The predicted octanol–water partition coefficient (Wildman–Crippen LogP) is 4.14. The topological polar surface area (TPSA) is 64.8 Å². The minimum atomic E-state index is -3.28. The third-order valence-corrected chi connectivity index (χ3v) is 5.41. The fraction of sp³-hybridized carbons (Fsp3) is 0.0476. The molecule has 0 saturated heterocycles. The van der Waals surface area contributed by atoms with Gasteiger partial charge in [0.1, 0.15) is 11.5 Å². The summed E-state index contributed by atoms with van der Waals surface area (Å²) in [5.74, 6) is 0.288. The van der Waals surface area contributed by atoms with E-state index in [4.69, 9.17) is 0 Å². The summed E-state index contributed by atoms with van der Waals surface area (Å²) in [6, 6.07) is 18.2. The number of halogens is 1. The van der Waals surface area contributed by atoms with Crippen molar-refractivity contribution >= 4 is 9.84 Å². The SMILES string of the molecule is CS(=O)(=O)c1ccc(-n2cc(-c3ccc(F)cc3)nc2-c2ccccn2)cc1. The molecule has 7 heteroatoms. The predicted molar refractivity (Wildman–Crippen MR) is 105 cm³/mol. The van der Waals surface area contributed by atoms with Crippen LogP contribution in [0.1, 0.15) is 0 Å². The van der Waals surface area contributed by atoms with Crippen LogP contribution in [0.5, 0.6) is 0 Å². The van der Waals surface area contributed by atoms with Crippen molar-refractivity contribution in [3.8, 4) is 28.5 Å². The molecule has 0 amide bonds. The fourth-order valence-electron chi connectivity index (χ4n) is 2.87. The standard InChI is InChI=1S/C21H16FN3O2S/c1-28(26,27)18-11-9-17(10-12-18)25-14-20(15-5-7-16(22)8-6-15)24-21(25)19-4-2-3-13-23-19/h2-14H,1H3. The molecule has 4 rings (SSSR count). The smallest absolute Gasteiger partial charge is 0.175 e. The molecular weight excluding hydrogens is 377 g/mol. The van der Waals surface area contributed by atoms with E-state index in [0.29, 0.717) is 17.2 Å². The molecule has 28 heavy (non-hydrogen) atoms. The maximum atomic E-state index is 13.3. The van der Waals surface area contributed by atoms with Crippen molar-refractivity contribution in [1.82, 2.24) is 14.5 Å². The number of rotatable bonds is 4. The van der Waals surface area contributed by atoms with Crippen LogP contribution in [-0.2, 0) is 9.84 Å². The van der Waals surface area contributed by atoms with Crippen LogP contribution in [-0.4, -0.2) is 29.2 Å². The lowest BCUT2D eigenvalue weighted by Gasteiger charge is -2.08. The maximum Gasteiger partial charge on any atom is 0.175 e. The van der Waals surface area contributed by atoms with Gasteiger partial charge in [-0.05, 0) is 60.7 Å². The van der Waals surface area contributed by atoms with Crippen molar-refractivity contribution < 1.29 is 12.8 Å². The highest BCUT2D eigenvalue weighted by atomic mass is 32.2. The van der Waals surface area contributed by atoms with Gasteiger partial charge in [0, 0.05) is 29.9 Å². The molecular formula is C21H16FN3O2S. The van der Waals surface area contributed by atoms with Crippen molar-refractivity contribution in [3.63, 3.8) is 0 Å². The first-order valence-electron chi connectivity index (χ1n) is 8.49. The highest BCUT2D eigenvalue weighted by Crippen LogP contribution is 2.27. The molecule has 140 valence electrons. The van der Waals surface area contributed by atoms with Crippen molar-refractivity contribution in [2.45, 2.75) is 4.90 Å². The Hall–Kier alpha value is -3.32. The van der Waals surface area contributed by atoms with Gasteiger partial charge in [-0.25, -0.2) is 17.8 Å². The molecule has 0 atom stereocenters. The van der Waals surface area contributed by atoms with Crippen LogP contribution in [0, 0.1) is 5.82 Å². The lowest BCUT2D eigenvalue weighted by atomic mass is 10.2. The van der Waals surface area contributed by atoms with Crippen LogP contribution >= 0.6 is 0 Å². The first kappa shape index (κ1) is 18.1. The number of imidazole rings is 1. The summed E-state index contributed by atoms with van der Waals surface area (Å²) >= 11 is 0. The van der Waals surface area contributed by atoms with Gasteiger partial charge in [-0.3, -0.25) is 9.55 Å². The van der Waals surface area contributed by atoms with Crippen LogP contribution in [0.15, 0.2) is 84.0 Å². The average molecular weight is 393 g/mol. The van der Waals surface area contributed by atoms with Crippen molar-refractivity contribution in [1.29, 1.82) is 0 Å². The highest BCUT2D eigenvalue weighted by molar-refractivity contribution is 7.90. The molecule has 0 aliphatic carbocycles. The quantitative estimate of drug-likeness (QED) is 0.523. The average Bonchev–Trinajstić information content (AvgIpc) is 3.14. The zero-order valence-corrected chi connectivity index (χ0v) is 15.8. The Morgan fingerprint density at radius 3 is 2.21 bits per heavy atom. The van der Waals surface area contributed by atoms with Crippen molar-refractivity contribution in [2.24, 2.45) is 0 Å². The Bertz CT molecular complexity index is 1220. The van der Waals surface area contributed by atoms with Gasteiger partial charge in [-0.15, -0.1) is 0 Å². The zero-order valence-electron chi connectivity index (χ0n) is 14.9. The molecule has 0 spiro atoms. The summed E-state index contributed by atoms with van der Waals surface area (Å²) in [7, 11) is -3.28. The number of pyridine rings is 1. The van der Waals surface area contributed by atoms with Gasteiger partial charge in [-0.2, -0.15) is 0 Å². The lowest BCUT2D eigenvalue weighted by Crippen LogP contribution is -2.00. The molecule has 4 aromatic rings. The molecule has 2 aromatic heterocycles. The van der Waals surface area contributed by atoms with Gasteiger partial charge in [-0.1, -0.05) is 6.07 Å². The number of hydrogen-bond acceptors (Lipinski definition) is 4. The van der Waals surface area contributed by atoms with E-state index >= 15 is 0 Å². The van der Waals surface area contributed by atoms with E-state index in [2.05, 4.69) is 9.97 Å². The second kappa shape index (κ2) is 7.01. The molecule has 0 fully saturated rings. The minimum absolute atomic E-state index is 0.245. The summed E-state index contributed by atoms with van der Waals surface area (Å²) in [6.07, 6.45) is 4.68.